The van der Waals surface area contributed by atoms with Crippen molar-refractivity contribution in [1.29, 1.82) is 0 Å². The minimum atomic E-state index is -1.09. The molecule has 1 saturated heterocycles. The van der Waals surface area contributed by atoms with Crippen LogP contribution >= 0.6 is 23.2 Å². The molecule has 0 amide bonds. The Morgan fingerprint density at radius 1 is 0.796 bits per heavy atom. The molecular formula is C34H49Cl2N7O4S2. The van der Waals surface area contributed by atoms with E-state index in [1.807, 2.05) is 26.0 Å². The van der Waals surface area contributed by atoms with Crippen molar-refractivity contribution in [3.63, 3.8) is 0 Å². The summed E-state index contributed by atoms with van der Waals surface area (Å²) in [6, 6.07) is 7.87. The number of aryl methyl sites for hydroxylation is 2. The third-order valence-electron chi connectivity index (χ3n) is 9.10. The number of aromatic nitrogens is 4. The summed E-state index contributed by atoms with van der Waals surface area (Å²) in [7, 11) is -2.16. The number of rotatable bonds is 10. The van der Waals surface area contributed by atoms with Gasteiger partial charge in [0, 0.05) is 42.5 Å². The van der Waals surface area contributed by atoms with Gasteiger partial charge in [0.15, 0.2) is 0 Å². The van der Waals surface area contributed by atoms with Gasteiger partial charge in [-0.25, -0.2) is 9.97 Å². The van der Waals surface area contributed by atoms with E-state index in [0.29, 0.717) is 57.6 Å². The van der Waals surface area contributed by atoms with Gasteiger partial charge in [0.2, 0.25) is 11.2 Å². The van der Waals surface area contributed by atoms with Crippen LogP contribution in [0.1, 0.15) is 70.8 Å². The fourth-order valence-electron chi connectivity index (χ4n) is 6.03. The Morgan fingerprint density at radius 3 is 1.78 bits per heavy atom. The maximum absolute atomic E-state index is 12.5. The second kappa shape index (κ2) is 17.7. The van der Waals surface area contributed by atoms with Gasteiger partial charge < -0.3 is 25.7 Å². The predicted molar refractivity (Wildman–Crippen MR) is 200 cm³/mol. The van der Waals surface area contributed by atoms with Gasteiger partial charge in [-0.15, -0.1) is 0 Å². The lowest BCUT2D eigenvalue weighted by molar-refractivity contribution is 0.248. The third kappa shape index (κ3) is 9.48. The molecule has 3 aliphatic heterocycles. The highest BCUT2D eigenvalue weighted by Gasteiger charge is 2.31. The van der Waals surface area contributed by atoms with Gasteiger partial charge in [0.05, 0.1) is 58.3 Å². The van der Waals surface area contributed by atoms with E-state index in [4.69, 9.17) is 33.2 Å². The van der Waals surface area contributed by atoms with Crippen molar-refractivity contribution < 1.29 is 18.6 Å². The fourth-order valence-corrected chi connectivity index (χ4v) is 8.97. The number of aliphatic hydroxyl groups is 2. The molecule has 1 aromatic carbocycles. The first-order valence-corrected chi connectivity index (χ1v) is 19.9. The molecule has 0 aliphatic carbocycles. The molecule has 0 spiro atoms. The van der Waals surface area contributed by atoms with Gasteiger partial charge >= 0.3 is 0 Å². The molecule has 4 atom stereocenters. The van der Waals surface area contributed by atoms with Gasteiger partial charge in [-0.1, -0.05) is 58.9 Å². The summed E-state index contributed by atoms with van der Waals surface area (Å²) >= 11 is 11.9. The molecule has 0 bridgehead atoms. The maximum Gasteiger partial charge on any atom is 0.227 e. The Kier molecular flexibility index (Phi) is 14.2. The normalized spacial score (nSPS) is 19.8. The zero-order valence-corrected chi connectivity index (χ0v) is 30.9. The summed E-state index contributed by atoms with van der Waals surface area (Å²) < 4.78 is 24.5. The van der Waals surface area contributed by atoms with Crippen molar-refractivity contribution in [2.75, 3.05) is 53.3 Å². The maximum atomic E-state index is 12.5. The summed E-state index contributed by atoms with van der Waals surface area (Å²) in [6.07, 6.45) is 3.42. The molecule has 15 heteroatoms. The smallest absolute Gasteiger partial charge is 0.227 e. The Labute approximate surface area is 305 Å². The number of piperidine rings is 1. The standard InChI is InChI=1S/C22H29ClN4O2S.C11H16ClN3O2S.CH4/c1-14(2)19(13-28)24-21-20-18(9-12-30(20)29)25-22(26-21)27-10-7-16(8-11-27)15-3-5-17(23)6-4-15;1-6(2)8(5-16)13-10-9-7(3-4-18(9)17)14-11(12)15-10;/h3-6,14,16,19,28H,7-13H2,1-2H3,(H,24,25,26);6,8,16H,3-5H2,1-2H3,(H,13,14,15);1H4/t19-,30?;8-,18?;/m00./s1. The van der Waals surface area contributed by atoms with E-state index >= 15 is 0 Å². The summed E-state index contributed by atoms with van der Waals surface area (Å²) in [5.74, 6) is 3.94. The first-order valence-electron chi connectivity index (χ1n) is 16.5. The van der Waals surface area contributed by atoms with Gasteiger partial charge in [-0.05, 0) is 59.9 Å². The SMILES string of the molecule is C.CC(C)[C@H](CO)Nc1nc(Cl)nc2c1S(=O)CC2.CC(C)[C@H](CO)Nc1nc(N2CCC(c3ccc(Cl)cc3)CC2)nc2c1S(=O)CC2. The monoisotopic (exact) mass is 753 g/mol. The van der Waals surface area contributed by atoms with Crippen LogP contribution in [0.2, 0.25) is 10.3 Å². The van der Waals surface area contributed by atoms with Crippen molar-refractivity contribution in [2.24, 2.45) is 11.8 Å². The van der Waals surface area contributed by atoms with Crippen molar-refractivity contribution in [2.45, 2.75) is 88.6 Å². The molecule has 5 heterocycles. The summed E-state index contributed by atoms with van der Waals surface area (Å²) in [5, 5.41) is 26.5. The molecule has 2 aromatic heterocycles. The number of fused-ring (bicyclic) bond motifs is 2. The minimum absolute atomic E-state index is 0. The van der Waals surface area contributed by atoms with Gasteiger partial charge in [0.25, 0.3) is 0 Å². The van der Waals surface area contributed by atoms with Crippen LogP contribution in [0.5, 0.6) is 0 Å². The number of hydrogen-bond acceptors (Lipinski definition) is 11. The number of nitrogens with zero attached hydrogens (tertiary/aromatic N) is 5. The molecule has 270 valence electrons. The molecule has 49 heavy (non-hydrogen) atoms. The summed E-state index contributed by atoms with van der Waals surface area (Å²) in [5.41, 5.74) is 2.95. The highest BCUT2D eigenvalue weighted by Crippen LogP contribution is 2.34. The molecule has 11 nitrogen and oxygen atoms in total. The van der Waals surface area contributed by atoms with Crippen molar-refractivity contribution in [3.05, 3.63) is 51.5 Å². The molecule has 3 aromatic rings. The summed E-state index contributed by atoms with van der Waals surface area (Å²) in [4.78, 5) is 21.3. The Bertz CT molecular complexity index is 1620. The molecule has 3 aliphatic rings. The lowest BCUT2D eigenvalue weighted by Gasteiger charge is -2.33. The number of hydrogen-bond donors (Lipinski definition) is 4. The van der Waals surface area contributed by atoms with E-state index in [1.165, 1.54) is 5.56 Å². The first kappa shape index (κ1) is 39.4. The number of benzene rings is 1. The Hall–Kier alpha value is -2.42. The fraction of sp³-hybridized carbons (Fsp3) is 0.588. The number of nitrogens with one attached hydrogen (secondary N) is 2. The lowest BCUT2D eigenvalue weighted by atomic mass is 9.89. The van der Waals surface area contributed by atoms with Crippen LogP contribution in [0, 0.1) is 11.8 Å². The number of aliphatic hydroxyl groups excluding tert-OH is 2. The average molecular weight is 755 g/mol. The molecule has 1 fully saturated rings. The van der Waals surface area contributed by atoms with Crippen LogP contribution in [-0.2, 0) is 34.4 Å². The molecule has 0 radical (unpaired) electrons. The number of halogens is 2. The van der Waals surface area contributed by atoms with Crippen LogP contribution in [0.25, 0.3) is 0 Å². The van der Waals surface area contributed by atoms with Gasteiger partial charge in [-0.2, -0.15) is 9.97 Å². The van der Waals surface area contributed by atoms with Gasteiger partial charge in [-0.3, -0.25) is 8.42 Å². The van der Waals surface area contributed by atoms with E-state index < -0.39 is 21.6 Å². The third-order valence-corrected chi connectivity index (χ3v) is 12.4. The average Bonchev–Trinajstić information content (AvgIpc) is 3.64. The zero-order valence-electron chi connectivity index (χ0n) is 27.8. The van der Waals surface area contributed by atoms with Crippen molar-refractivity contribution >= 4 is 62.4 Å². The number of anilines is 3. The zero-order chi connectivity index (χ0) is 34.5. The second-order valence-corrected chi connectivity index (χ2v) is 16.8. The minimum Gasteiger partial charge on any atom is -0.394 e. The van der Waals surface area contributed by atoms with Gasteiger partial charge in [0.1, 0.15) is 21.4 Å². The van der Waals surface area contributed by atoms with E-state index in [2.05, 4.69) is 51.5 Å². The van der Waals surface area contributed by atoms with Crippen LogP contribution in [0.4, 0.5) is 17.6 Å². The first-order chi connectivity index (χ1) is 23.0. The van der Waals surface area contributed by atoms with Crippen LogP contribution in [0.3, 0.4) is 0 Å². The van der Waals surface area contributed by atoms with Crippen molar-refractivity contribution in [1.82, 2.24) is 19.9 Å². The highest BCUT2D eigenvalue weighted by atomic mass is 35.5. The van der Waals surface area contributed by atoms with Crippen LogP contribution < -0.4 is 15.5 Å². The van der Waals surface area contributed by atoms with Crippen LogP contribution in [0.15, 0.2) is 34.1 Å². The quantitative estimate of drug-likeness (QED) is 0.195. The summed E-state index contributed by atoms with van der Waals surface area (Å²) in [6.45, 7) is 9.83. The topological polar surface area (TPSA) is 153 Å². The molecular weight excluding hydrogens is 705 g/mol. The van der Waals surface area contributed by atoms with E-state index in [1.54, 1.807) is 0 Å². The molecule has 0 saturated carbocycles. The van der Waals surface area contributed by atoms with E-state index in [9.17, 15) is 18.6 Å². The van der Waals surface area contributed by atoms with Crippen molar-refractivity contribution in [3.8, 4) is 0 Å². The highest BCUT2D eigenvalue weighted by molar-refractivity contribution is 7.85. The molecule has 2 unspecified atom stereocenters. The lowest BCUT2D eigenvalue weighted by Crippen LogP contribution is -2.35. The predicted octanol–water partition coefficient (Wildman–Crippen LogP) is 5.47. The molecule has 4 N–H and O–H groups in total. The Balaban J connectivity index is 0.000000244. The van der Waals surface area contributed by atoms with Crippen LogP contribution in [-0.4, -0.2) is 88.5 Å². The largest absolute Gasteiger partial charge is 0.394 e. The molecule has 6 rings (SSSR count). The second-order valence-electron chi connectivity index (χ2n) is 13.0. The van der Waals surface area contributed by atoms with E-state index in [-0.39, 0.29) is 49.8 Å². The Morgan fingerprint density at radius 2 is 1.29 bits per heavy atom. The van der Waals surface area contributed by atoms with E-state index in [0.717, 1.165) is 42.3 Å².